The Bertz CT molecular complexity index is 785. The van der Waals surface area contributed by atoms with Crippen LogP contribution >= 0.6 is 23.2 Å². The molecule has 0 bridgehead atoms. The Morgan fingerprint density at radius 2 is 1.78 bits per heavy atom. The van der Waals surface area contributed by atoms with Crippen molar-refractivity contribution in [3.63, 3.8) is 0 Å². The van der Waals surface area contributed by atoms with Gasteiger partial charge in [0.1, 0.15) is 6.61 Å². The number of aromatic nitrogens is 4. The predicted molar refractivity (Wildman–Crippen MR) is 85.5 cm³/mol. The molecule has 0 saturated heterocycles. The first kappa shape index (κ1) is 15.7. The van der Waals surface area contributed by atoms with E-state index in [-0.39, 0.29) is 12.5 Å². The van der Waals surface area contributed by atoms with Crippen LogP contribution in [0.5, 0.6) is 5.75 Å². The number of nitrogens with zero attached hydrogens (tertiary/aromatic N) is 4. The summed E-state index contributed by atoms with van der Waals surface area (Å²) in [6, 6.07) is 5.29. The third kappa shape index (κ3) is 3.60. The van der Waals surface area contributed by atoms with Gasteiger partial charge < -0.3 is 9.15 Å². The molecule has 6 nitrogen and oxygen atoms in total. The highest BCUT2D eigenvalue weighted by Gasteiger charge is 2.11. The highest BCUT2D eigenvalue weighted by molar-refractivity contribution is 6.35. The summed E-state index contributed by atoms with van der Waals surface area (Å²) < 4.78 is 11.0. The molecular formula is C15H12Cl2N4O2. The van der Waals surface area contributed by atoms with Crippen LogP contribution in [-0.4, -0.2) is 20.2 Å². The molecule has 23 heavy (non-hydrogen) atoms. The van der Waals surface area contributed by atoms with Crippen LogP contribution in [-0.2, 0) is 13.0 Å². The Hall–Kier alpha value is -2.18. The van der Waals surface area contributed by atoms with Gasteiger partial charge in [0.25, 0.3) is 5.89 Å². The normalized spacial score (nSPS) is 10.7. The molecule has 0 aliphatic heterocycles. The summed E-state index contributed by atoms with van der Waals surface area (Å²) in [6.45, 7) is 2.15. The number of rotatable bonds is 5. The average Bonchev–Trinajstić information content (AvgIpc) is 3.04. The molecule has 0 unspecified atom stereocenters. The minimum atomic E-state index is 0.224. The molecule has 0 saturated carbocycles. The van der Waals surface area contributed by atoms with Crippen LogP contribution in [0.4, 0.5) is 0 Å². The van der Waals surface area contributed by atoms with Gasteiger partial charge >= 0.3 is 0 Å². The number of hydrogen-bond acceptors (Lipinski definition) is 6. The highest BCUT2D eigenvalue weighted by Crippen LogP contribution is 2.25. The molecule has 0 aliphatic rings. The van der Waals surface area contributed by atoms with Crippen LogP contribution in [0.3, 0.4) is 0 Å². The summed E-state index contributed by atoms with van der Waals surface area (Å²) >= 11 is 12.2. The molecule has 8 heteroatoms. The highest BCUT2D eigenvalue weighted by atomic mass is 35.5. The first-order valence-corrected chi connectivity index (χ1v) is 7.63. The lowest BCUT2D eigenvalue weighted by Crippen LogP contribution is -1.99. The SMILES string of the molecule is CCc1nnc(-c2ncc(OCc3c(Cl)cccc3Cl)cn2)o1. The van der Waals surface area contributed by atoms with Crippen LogP contribution < -0.4 is 4.74 Å². The molecule has 3 aromatic rings. The zero-order chi connectivity index (χ0) is 16.2. The summed E-state index contributed by atoms with van der Waals surface area (Å²) in [5.74, 6) is 1.65. The van der Waals surface area contributed by atoms with Crippen molar-refractivity contribution in [3.05, 3.63) is 52.1 Å². The van der Waals surface area contributed by atoms with Crippen molar-refractivity contribution in [2.24, 2.45) is 0 Å². The standard InChI is InChI=1S/C15H12Cl2N4O2/c1-2-13-20-21-15(23-13)14-18-6-9(7-19-14)22-8-10-11(16)4-3-5-12(10)17/h3-7H,2,8H2,1H3. The topological polar surface area (TPSA) is 73.9 Å². The lowest BCUT2D eigenvalue weighted by molar-refractivity contribution is 0.304. The third-order valence-electron chi connectivity index (χ3n) is 3.03. The molecule has 0 spiro atoms. The van der Waals surface area contributed by atoms with Gasteiger partial charge in [-0.3, -0.25) is 0 Å². The fourth-order valence-corrected chi connectivity index (χ4v) is 2.32. The maximum atomic E-state index is 6.09. The molecule has 0 atom stereocenters. The van der Waals surface area contributed by atoms with Crippen molar-refractivity contribution in [1.29, 1.82) is 0 Å². The lowest BCUT2D eigenvalue weighted by Gasteiger charge is -2.08. The molecular weight excluding hydrogens is 339 g/mol. The summed E-state index contributed by atoms with van der Waals surface area (Å²) in [7, 11) is 0. The van der Waals surface area contributed by atoms with Crippen molar-refractivity contribution in [2.45, 2.75) is 20.0 Å². The van der Waals surface area contributed by atoms with Crippen molar-refractivity contribution in [1.82, 2.24) is 20.2 Å². The van der Waals surface area contributed by atoms with Crippen LogP contribution in [0.25, 0.3) is 11.7 Å². The quantitative estimate of drug-likeness (QED) is 0.692. The van der Waals surface area contributed by atoms with Gasteiger partial charge in [-0.15, -0.1) is 10.2 Å². The van der Waals surface area contributed by atoms with Crippen LogP contribution in [0, 0.1) is 0 Å². The summed E-state index contributed by atoms with van der Waals surface area (Å²) in [4.78, 5) is 8.31. The predicted octanol–water partition coefficient (Wildman–Crippen LogP) is 3.97. The van der Waals surface area contributed by atoms with Gasteiger partial charge in [0.2, 0.25) is 11.7 Å². The molecule has 0 fully saturated rings. The van der Waals surface area contributed by atoms with Gasteiger partial charge in [0.15, 0.2) is 5.75 Å². The van der Waals surface area contributed by atoms with Crippen LogP contribution in [0.2, 0.25) is 10.0 Å². The largest absolute Gasteiger partial charge is 0.486 e. The van der Waals surface area contributed by atoms with E-state index in [2.05, 4.69) is 20.2 Å². The molecule has 2 heterocycles. The van der Waals surface area contributed by atoms with E-state index in [9.17, 15) is 0 Å². The zero-order valence-electron chi connectivity index (χ0n) is 12.2. The number of benzene rings is 1. The van der Waals surface area contributed by atoms with Gasteiger partial charge in [-0.2, -0.15) is 0 Å². The zero-order valence-corrected chi connectivity index (χ0v) is 13.7. The third-order valence-corrected chi connectivity index (χ3v) is 3.74. The van der Waals surface area contributed by atoms with E-state index in [1.54, 1.807) is 18.2 Å². The first-order chi connectivity index (χ1) is 11.2. The Morgan fingerprint density at radius 3 is 2.39 bits per heavy atom. The van der Waals surface area contributed by atoms with E-state index in [4.69, 9.17) is 32.4 Å². The number of hydrogen-bond donors (Lipinski definition) is 0. The Balaban J connectivity index is 1.70. The molecule has 0 amide bonds. The number of aryl methyl sites for hydroxylation is 1. The fourth-order valence-electron chi connectivity index (χ4n) is 1.81. The van der Waals surface area contributed by atoms with Crippen LogP contribution in [0.15, 0.2) is 35.0 Å². The maximum Gasteiger partial charge on any atom is 0.285 e. The van der Waals surface area contributed by atoms with E-state index in [1.807, 2.05) is 6.92 Å². The van der Waals surface area contributed by atoms with Crippen molar-refractivity contribution in [3.8, 4) is 17.5 Å². The number of halogens is 2. The van der Waals surface area contributed by atoms with Crippen molar-refractivity contribution in [2.75, 3.05) is 0 Å². The fraction of sp³-hybridized carbons (Fsp3) is 0.200. The van der Waals surface area contributed by atoms with Gasteiger partial charge in [-0.05, 0) is 12.1 Å². The number of ether oxygens (including phenoxy) is 1. The van der Waals surface area contributed by atoms with Gasteiger partial charge in [0, 0.05) is 22.0 Å². The van der Waals surface area contributed by atoms with Crippen molar-refractivity contribution < 1.29 is 9.15 Å². The lowest BCUT2D eigenvalue weighted by atomic mass is 10.2. The Kier molecular flexibility index (Phi) is 4.73. The van der Waals surface area contributed by atoms with Crippen molar-refractivity contribution >= 4 is 23.2 Å². The Labute approximate surface area is 142 Å². The van der Waals surface area contributed by atoms with E-state index in [0.29, 0.717) is 39.5 Å². The minimum absolute atomic E-state index is 0.224. The second-order valence-corrected chi connectivity index (χ2v) is 5.40. The Morgan fingerprint density at radius 1 is 1.09 bits per heavy atom. The molecule has 2 aromatic heterocycles. The molecule has 1 aromatic carbocycles. The molecule has 0 aliphatic carbocycles. The van der Waals surface area contributed by atoms with Crippen LogP contribution in [0.1, 0.15) is 18.4 Å². The van der Waals surface area contributed by atoms with Gasteiger partial charge in [-0.1, -0.05) is 36.2 Å². The molecule has 0 radical (unpaired) electrons. The average molecular weight is 351 g/mol. The monoisotopic (exact) mass is 350 g/mol. The van der Waals surface area contributed by atoms with E-state index in [0.717, 1.165) is 0 Å². The second-order valence-electron chi connectivity index (χ2n) is 4.59. The maximum absolute atomic E-state index is 6.09. The van der Waals surface area contributed by atoms with E-state index in [1.165, 1.54) is 12.4 Å². The smallest absolute Gasteiger partial charge is 0.285 e. The van der Waals surface area contributed by atoms with E-state index < -0.39 is 0 Å². The molecule has 118 valence electrons. The molecule has 3 rings (SSSR count). The minimum Gasteiger partial charge on any atom is -0.486 e. The first-order valence-electron chi connectivity index (χ1n) is 6.88. The van der Waals surface area contributed by atoms with Gasteiger partial charge in [0.05, 0.1) is 12.4 Å². The van der Waals surface area contributed by atoms with Gasteiger partial charge in [-0.25, -0.2) is 9.97 Å². The molecule has 0 N–H and O–H groups in total. The summed E-state index contributed by atoms with van der Waals surface area (Å²) in [5, 5.41) is 8.86. The van der Waals surface area contributed by atoms with E-state index >= 15 is 0 Å². The second kappa shape index (κ2) is 6.93. The summed E-state index contributed by atoms with van der Waals surface area (Å²) in [6.07, 6.45) is 3.72. The summed E-state index contributed by atoms with van der Waals surface area (Å²) in [5.41, 5.74) is 0.712.